The average molecular weight is 311 g/mol. The lowest BCUT2D eigenvalue weighted by Gasteiger charge is -2.11. The SMILES string of the molecule is N#CC(NC(=O)c1c[nH]c2ncccc12)c1cccc(Cl)c1. The van der Waals surface area contributed by atoms with Crippen molar-refractivity contribution in [3.8, 4) is 6.07 Å². The highest BCUT2D eigenvalue weighted by molar-refractivity contribution is 6.30. The van der Waals surface area contributed by atoms with Crippen LogP contribution in [0.5, 0.6) is 0 Å². The minimum absolute atomic E-state index is 0.342. The summed E-state index contributed by atoms with van der Waals surface area (Å²) in [5.41, 5.74) is 1.72. The summed E-state index contributed by atoms with van der Waals surface area (Å²) in [6.45, 7) is 0. The maximum absolute atomic E-state index is 12.4. The van der Waals surface area contributed by atoms with Crippen molar-refractivity contribution in [2.24, 2.45) is 0 Å². The van der Waals surface area contributed by atoms with Crippen LogP contribution in [0.25, 0.3) is 11.0 Å². The quantitative estimate of drug-likeness (QED) is 0.779. The van der Waals surface area contributed by atoms with Gasteiger partial charge in [0.05, 0.1) is 11.6 Å². The van der Waals surface area contributed by atoms with Gasteiger partial charge in [0.15, 0.2) is 0 Å². The zero-order valence-corrected chi connectivity index (χ0v) is 12.1. The van der Waals surface area contributed by atoms with E-state index in [4.69, 9.17) is 11.6 Å². The van der Waals surface area contributed by atoms with E-state index in [1.807, 2.05) is 0 Å². The second-order valence-corrected chi connectivity index (χ2v) is 5.13. The molecule has 5 nitrogen and oxygen atoms in total. The number of carbonyl (C=O) groups excluding carboxylic acids is 1. The van der Waals surface area contributed by atoms with Crippen molar-refractivity contribution in [2.75, 3.05) is 0 Å². The molecule has 108 valence electrons. The second kappa shape index (κ2) is 5.88. The van der Waals surface area contributed by atoms with Crippen molar-refractivity contribution < 1.29 is 4.79 Å². The van der Waals surface area contributed by atoms with Gasteiger partial charge in [0.25, 0.3) is 5.91 Å². The van der Waals surface area contributed by atoms with Gasteiger partial charge in [-0.05, 0) is 29.8 Å². The molecule has 3 aromatic rings. The highest BCUT2D eigenvalue weighted by Gasteiger charge is 2.18. The molecule has 0 saturated heterocycles. The van der Waals surface area contributed by atoms with Crippen molar-refractivity contribution in [3.05, 3.63) is 64.9 Å². The van der Waals surface area contributed by atoms with Crippen molar-refractivity contribution >= 4 is 28.5 Å². The molecule has 0 radical (unpaired) electrons. The van der Waals surface area contributed by atoms with Gasteiger partial charge in [-0.2, -0.15) is 5.26 Å². The van der Waals surface area contributed by atoms with E-state index >= 15 is 0 Å². The Bertz CT molecular complexity index is 881. The Balaban J connectivity index is 1.88. The van der Waals surface area contributed by atoms with Gasteiger partial charge >= 0.3 is 0 Å². The number of H-pyrrole nitrogens is 1. The molecule has 0 bridgehead atoms. The van der Waals surface area contributed by atoms with E-state index in [0.29, 0.717) is 27.2 Å². The number of amides is 1. The third-order valence-electron chi connectivity index (χ3n) is 3.28. The molecule has 2 N–H and O–H groups in total. The Labute approximate surface area is 131 Å². The lowest BCUT2D eigenvalue weighted by Crippen LogP contribution is -2.27. The van der Waals surface area contributed by atoms with E-state index in [2.05, 4.69) is 21.4 Å². The number of benzene rings is 1. The van der Waals surface area contributed by atoms with E-state index in [-0.39, 0.29) is 5.91 Å². The first-order chi connectivity index (χ1) is 10.7. The fourth-order valence-corrected chi connectivity index (χ4v) is 2.43. The molecule has 1 atom stereocenters. The topological polar surface area (TPSA) is 81.6 Å². The molecule has 0 saturated carbocycles. The number of hydrogen-bond acceptors (Lipinski definition) is 3. The molecule has 2 heterocycles. The van der Waals surface area contributed by atoms with Crippen molar-refractivity contribution in [2.45, 2.75) is 6.04 Å². The van der Waals surface area contributed by atoms with E-state index < -0.39 is 6.04 Å². The Morgan fingerprint density at radius 1 is 1.36 bits per heavy atom. The zero-order chi connectivity index (χ0) is 15.5. The summed E-state index contributed by atoms with van der Waals surface area (Å²) in [4.78, 5) is 19.5. The van der Waals surface area contributed by atoms with E-state index in [9.17, 15) is 10.1 Å². The molecule has 2 aromatic heterocycles. The van der Waals surface area contributed by atoms with Gasteiger partial charge in [-0.25, -0.2) is 4.98 Å². The minimum Gasteiger partial charge on any atom is -0.345 e. The van der Waals surface area contributed by atoms with Gasteiger partial charge in [-0.3, -0.25) is 4.79 Å². The Morgan fingerprint density at radius 3 is 3.00 bits per heavy atom. The van der Waals surface area contributed by atoms with Gasteiger partial charge in [0, 0.05) is 22.8 Å². The monoisotopic (exact) mass is 310 g/mol. The molecule has 0 spiro atoms. The van der Waals surface area contributed by atoms with Crippen LogP contribution in [-0.4, -0.2) is 15.9 Å². The minimum atomic E-state index is -0.771. The summed E-state index contributed by atoms with van der Waals surface area (Å²) in [6.07, 6.45) is 3.23. The highest BCUT2D eigenvalue weighted by atomic mass is 35.5. The molecule has 0 aliphatic carbocycles. The Kier molecular flexibility index (Phi) is 3.77. The maximum atomic E-state index is 12.4. The molecule has 0 aliphatic heterocycles. The van der Waals surface area contributed by atoms with E-state index in [1.165, 1.54) is 0 Å². The lowest BCUT2D eigenvalue weighted by molar-refractivity contribution is 0.0947. The Morgan fingerprint density at radius 2 is 2.23 bits per heavy atom. The van der Waals surface area contributed by atoms with Crippen LogP contribution in [0.15, 0.2) is 48.8 Å². The number of aromatic nitrogens is 2. The molecule has 0 fully saturated rings. The third-order valence-corrected chi connectivity index (χ3v) is 3.52. The van der Waals surface area contributed by atoms with Gasteiger partial charge in [0.2, 0.25) is 0 Å². The molecular weight excluding hydrogens is 300 g/mol. The molecule has 0 aliphatic rings. The van der Waals surface area contributed by atoms with Gasteiger partial charge in [-0.1, -0.05) is 23.7 Å². The molecule has 1 unspecified atom stereocenters. The van der Waals surface area contributed by atoms with Crippen LogP contribution in [0.1, 0.15) is 22.0 Å². The number of nitrogens with zero attached hydrogens (tertiary/aromatic N) is 2. The van der Waals surface area contributed by atoms with Gasteiger partial charge in [0.1, 0.15) is 11.7 Å². The first-order valence-electron chi connectivity index (χ1n) is 6.57. The standard InChI is InChI=1S/C16H11ClN4O/c17-11-4-1-3-10(7-11)14(8-18)21-16(22)13-9-20-15-12(13)5-2-6-19-15/h1-7,9,14H,(H,19,20)(H,21,22). The summed E-state index contributed by atoms with van der Waals surface area (Å²) >= 11 is 5.92. The van der Waals surface area contributed by atoms with Crippen molar-refractivity contribution in [1.29, 1.82) is 5.26 Å². The smallest absolute Gasteiger partial charge is 0.254 e. The predicted molar refractivity (Wildman–Crippen MR) is 83.4 cm³/mol. The Hall–Kier alpha value is -2.84. The fourth-order valence-electron chi connectivity index (χ4n) is 2.23. The summed E-state index contributed by atoms with van der Waals surface area (Å²) in [7, 11) is 0. The summed E-state index contributed by atoms with van der Waals surface area (Å²) in [6, 6.07) is 11.7. The average Bonchev–Trinajstić information content (AvgIpc) is 2.96. The van der Waals surface area contributed by atoms with Crippen LogP contribution in [0, 0.1) is 11.3 Å². The van der Waals surface area contributed by atoms with Crippen molar-refractivity contribution in [3.63, 3.8) is 0 Å². The number of carbonyl (C=O) groups is 1. The molecule has 1 amide bonds. The van der Waals surface area contributed by atoms with E-state index in [1.54, 1.807) is 48.8 Å². The van der Waals surface area contributed by atoms with Crippen LogP contribution >= 0.6 is 11.6 Å². The largest absolute Gasteiger partial charge is 0.345 e. The molecule has 3 rings (SSSR count). The van der Waals surface area contributed by atoms with Crippen LogP contribution in [0.3, 0.4) is 0 Å². The zero-order valence-electron chi connectivity index (χ0n) is 11.4. The first kappa shape index (κ1) is 14.1. The third kappa shape index (κ3) is 2.65. The molecule has 6 heteroatoms. The van der Waals surface area contributed by atoms with Crippen molar-refractivity contribution in [1.82, 2.24) is 15.3 Å². The highest BCUT2D eigenvalue weighted by Crippen LogP contribution is 2.20. The molecule has 1 aromatic carbocycles. The maximum Gasteiger partial charge on any atom is 0.254 e. The molecule has 22 heavy (non-hydrogen) atoms. The van der Waals surface area contributed by atoms with Gasteiger partial charge < -0.3 is 10.3 Å². The number of rotatable bonds is 3. The number of hydrogen-bond donors (Lipinski definition) is 2. The molecular formula is C16H11ClN4O. The number of halogens is 1. The summed E-state index contributed by atoms with van der Waals surface area (Å²) in [5.74, 6) is -0.342. The number of pyridine rings is 1. The normalized spacial score (nSPS) is 11.8. The van der Waals surface area contributed by atoms with Gasteiger partial charge in [-0.15, -0.1) is 0 Å². The second-order valence-electron chi connectivity index (χ2n) is 4.69. The van der Waals surface area contributed by atoms with Crippen LogP contribution in [0.4, 0.5) is 0 Å². The summed E-state index contributed by atoms with van der Waals surface area (Å²) < 4.78 is 0. The van der Waals surface area contributed by atoms with Crippen LogP contribution in [0.2, 0.25) is 5.02 Å². The fraction of sp³-hybridized carbons (Fsp3) is 0.0625. The number of nitrogens with one attached hydrogen (secondary N) is 2. The number of fused-ring (bicyclic) bond motifs is 1. The number of nitriles is 1. The lowest BCUT2D eigenvalue weighted by atomic mass is 10.1. The van der Waals surface area contributed by atoms with Crippen LogP contribution < -0.4 is 5.32 Å². The number of aromatic amines is 1. The summed E-state index contributed by atoms with van der Waals surface area (Å²) in [5, 5.41) is 13.2. The first-order valence-corrected chi connectivity index (χ1v) is 6.95. The van der Waals surface area contributed by atoms with E-state index in [0.717, 1.165) is 0 Å². The predicted octanol–water partition coefficient (Wildman–Crippen LogP) is 3.21. The van der Waals surface area contributed by atoms with Crippen LogP contribution in [-0.2, 0) is 0 Å².